The summed E-state index contributed by atoms with van der Waals surface area (Å²) in [6, 6.07) is 2.21. The molecule has 0 saturated heterocycles. The molecule has 1 heterocycles. The third-order valence-electron chi connectivity index (χ3n) is 3.70. The number of rotatable bonds is 6. The predicted octanol–water partition coefficient (Wildman–Crippen LogP) is 1.34. The Morgan fingerprint density at radius 2 is 2.10 bits per heavy atom. The highest BCUT2D eigenvalue weighted by Gasteiger charge is 2.22. The van der Waals surface area contributed by atoms with Crippen LogP contribution in [0, 0.1) is 0 Å². The van der Waals surface area contributed by atoms with Crippen molar-refractivity contribution in [2.24, 2.45) is 0 Å². The molecule has 0 spiro atoms. The summed E-state index contributed by atoms with van der Waals surface area (Å²) in [7, 11) is 1.61. The first kappa shape index (κ1) is 15.0. The Morgan fingerprint density at radius 3 is 2.75 bits per heavy atom. The molecule has 0 radical (unpaired) electrons. The second-order valence-electron chi connectivity index (χ2n) is 5.21. The van der Waals surface area contributed by atoms with Gasteiger partial charge < -0.3 is 20.5 Å². The summed E-state index contributed by atoms with van der Waals surface area (Å²) in [5.41, 5.74) is 5.86. The van der Waals surface area contributed by atoms with Crippen molar-refractivity contribution in [2.45, 2.75) is 44.8 Å². The van der Waals surface area contributed by atoms with E-state index in [0.717, 1.165) is 18.7 Å². The van der Waals surface area contributed by atoms with Crippen LogP contribution in [-0.4, -0.2) is 41.4 Å². The van der Waals surface area contributed by atoms with E-state index in [9.17, 15) is 5.11 Å². The summed E-state index contributed by atoms with van der Waals surface area (Å²) in [5.74, 6) is 1.83. The second kappa shape index (κ2) is 7.40. The summed E-state index contributed by atoms with van der Waals surface area (Å²) >= 11 is 0. The van der Waals surface area contributed by atoms with Gasteiger partial charge in [0.1, 0.15) is 18.2 Å². The van der Waals surface area contributed by atoms with Gasteiger partial charge in [-0.3, -0.25) is 0 Å². The lowest BCUT2D eigenvalue weighted by atomic mass is 9.94. The molecule has 3 N–H and O–H groups in total. The molecule has 1 aliphatic carbocycles. The summed E-state index contributed by atoms with van der Waals surface area (Å²) in [4.78, 5) is 10.8. The van der Waals surface area contributed by atoms with Gasteiger partial charge in [-0.1, -0.05) is 19.3 Å². The molecule has 2 rings (SSSR count). The standard InChI is InChI=1S/C14H24N4O2/c1-20-10-13-16-12(15)9-14(17-13)18(7-8-19)11-5-3-2-4-6-11/h9,11,19H,2-8,10H2,1H3,(H2,15,16,17). The normalized spacial score (nSPS) is 16.3. The molecule has 112 valence electrons. The summed E-state index contributed by atoms with van der Waals surface area (Å²) < 4.78 is 5.07. The first-order valence-electron chi connectivity index (χ1n) is 7.24. The van der Waals surface area contributed by atoms with Crippen molar-refractivity contribution in [1.29, 1.82) is 0 Å². The molecule has 1 aliphatic rings. The molecule has 1 saturated carbocycles. The molecule has 20 heavy (non-hydrogen) atoms. The number of hydrogen-bond donors (Lipinski definition) is 2. The van der Waals surface area contributed by atoms with Gasteiger partial charge in [0.2, 0.25) is 0 Å². The van der Waals surface area contributed by atoms with Gasteiger partial charge in [-0.05, 0) is 12.8 Å². The van der Waals surface area contributed by atoms with Gasteiger partial charge >= 0.3 is 0 Å². The number of methoxy groups -OCH3 is 1. The Balaban J connectivity index is 2.22. The van der Waals surface area contributed by atoms with E-state index < -0.39 is 0 Å². The van der Waals surface area contributed by atoms with Gasteiger partial charge in [-0.25, -0.2) is 9.97 Å². The zero-order valence-corrected chi connectivity index (χ0v) is 12.1. The average Bonchev–Trinajstić information content (AvgIpc) is 2.45. The van der Waals surface area contributed by atoms with Gasteiger partial charge in [0.05, 0.1) is 6.61 Å². The van der Waals surface area contributed by atoms with Crippen LogP contribution in [-0.2, 0) is 11.3 Å². The summed E-state index contributed by atoms with van der Waals surface area (Å²) in [5, 5.41) is 9.33. The molecule has 0 unspecified atom stereocenters. The predicted molar refractivity (Wildman–Crippen MR) is 78.5 cm³/mol. The van der Waals surface area contributed by atoms with E-state index in [1.807, 2.05) is 0 Å². The average molecular weight is 280 g/mol. The van der Waals surface area contributed by atoms with Gasteiger partial charge in [-0.15, -0.1) is 0 Å². The smallest absolute Gasteiger partial charge is 0.158 e. The van der Waals surface area contributed by atoms with Crippen LogP contribution in [0.1, 0.15) is 37.9 Å². The van der Waals surface area contributed by atoms with Crippen molar-refractivity contribution in [3.05, 3.63) is 11.9 Å². The van der Waals surface area contributed by atoms with Gasteiger partial charge in [0, 0.05) is 25.8 Å². The van der Waals surface area contributed by atoms with Crippen LogP contribution in [0.2, 0.25) is 0 Å². The topological polar surface area (TPSA) is 84.5 Å². The van der Waals surface area contributed by atoms with E-state index in [1.165, 1.54) is 19.3 Å². The number of nitrogens with two attached hydrogens (primary N) is 1. The van der Waals surface area contributed by atoms with Gasteiger partial charge in [0.25, 0.3) is 0 Å². The number of ether oxygens (including phenoxy) is 1. The van der Waals surface area contributed by atoms with Crippen LogP contribution in [0.15, 0.2) is 6.07 Å². The molecule has 0 aliphatic heterocycles. The van der Waals surface area contributed by atoms with Crippen molar-refractivity contribution in [2.75, 3.05) is 30.9 Å². The molecule has 6 nitrogen and oxygen atoms in total. The van der Waals surface area contributed by atoms with Crippen LogP contribution in [0.25, 0.3) is 0 Å². The number of nitrogen functional groups attached to an aromatic ring is 1. The Hall–Kier alpha value is -1.40. The van der Waals surface area contributed by atoms with Crippen LogP contribution in [0.5, 0.6) is 0 Å². The number of hydrogen-bond acceptors (Lipinski definition) is 6. The van der Waals surface area contributed by atoms with Crippen LogP contribution < -0.4 is 10.6 Å². The number of nitrogens with zero attached hydrogens (tertiary/aromatic N) is 3. The van der Waals surface area contributed by atoms with Crippen molar-refractivity contribution < 1.29 is 9.84 Å². The highest BCUT2D eigenvalue weighted by atomic mass is 16.5. The zero-order valence-electron chi connectivity index (χ0n) is 12.1. The van der Waals surface area contributed by atoms with Crippen molar-refractivity contribution in [3.8, 4) is 0 Å². The third-order valence-corrected chi connectivity index (χ3v) is 3.70. The largest absolute Gasteiger partial charge is 0.395 e. The van der Waals surface area contributed by atoms with Crippen LogP contribution in [0.3, 0.4) is 0 Å². The molecule has 6 heteroatoms. The minimum absolute atomic E-state index is 0.111. The molecule has 1 aromatic rings. The Kier molecular flexibility index (Phi) is 5.55. The lowest BCUT2D eigenvalue weighted by Gasteiger charge is -2.35. The monoisotopic (exact) mass is 280 g/mol. The quantitative estimate of drug-likeness (QED) is 0.818. The second-order valence-corrected chi connectivity index (χ2v) is 5.21. The Bertz CT molecular complexity index is 422. The van der Waals surface area contributed by atoms with E-state index in [1.54, 1.807) is 13.2 Å². The fraction of sp³-hybridized carbons (Fsp3) is 0.714. The van der Waals surface area contributed by atoms with E-state index >= 15 is 0 Å². The van der Waals surface area contributed by atoms with Gasteiger partial charge in [-0.2, -0.15) is 0 Å². The third kappa shape index (κ3) is 3.80. The lowest BCUT2D eigenvalue weighted by Crippen LogP contribution is -2.39. The molecular weight excluding hydrogens is 256 g/mol. The molecular formula is C14H24N4O2. The molecule has 1 fully saturated rings. The molecule has 0 aromatic carbocycles. The zero-order chi connectivity index (χ0) is 14.4. The van der Waals surface area contributed by atoms with Crippen LogP contribution in [0.4, 0.5) is 11.6 Å². The van der Waals surface area contributed by atoms with Crippen molar-refractivity contribution in [1.82, 2.24) is 9.97 Å². The van der Waals surface area contributed by atoms with E-state index in [4.69, 9.17) is 10.5 Å². The molecule has 0 bridgehead atoms. The lowest BCUT2D eigenvalue weighted by molar-refractivity contribution is 0.178. The number of aliphatic hydroxyl groups is 1. The number of anilines is 2. The minimum atomic E-state index is 0.111. The first-order valence-corrected chi connectivity index (χ1v) is 7.24. The molecule has 0 atom stereocenters. The van der Waals surface area contributed by atoms with Crippen LogP contribution >= 0.6 is 0 Å². The fourth-order valence-corrected chi connectivity index (χ4v) is 2.83. The maximum Gasteiger partial charge on any atom is 0.158 e. The highest BCUT2D eigenvalue weighted by molar-refractivity contribution is 5.48. The van der Waals surface area contributed by atoms with E-state index in [0.29, 0.717) is 30.8 Å². The minimum Gasteiger partial charge on any atom is -0.395 e. The van der Waals surface area contributed by atoms with Crippen molar-refractivity contribution >= 4 is 11.6 Å². The van der Waals surface area contributed by atoms with E-state index in [2.05, 4.69) is 14.9 Å². The Morgan fingerprint density at radius 1 is 1.35 bits per heavy atom. The molecule has 1 aromatic heterocycles. The first-order chi connectivity index (χ1) is 9.74. The highest BCUT2D eigenvalue weighted by Crippen LogP contribution is 2.26. The van der Waals surface area contributed by atoms with Gasteiger partial charge in [0.15, 0.2) is 5.82 Å². The number of aromatic nitrogens is 2. The van der Waals surface area contributed by atoms with Crippen molar-refractivity contribution in [3.63, 3.8) is 0 Å². The fourth-order valence-electron chi connectivity index (χ4n) is 2.83. The molecule has 0 amide bonds. The van der Waals surface area contributed by atoms with E-state index in [-0.39, 0.29) is 6.61 Å². The SMILES string of the molecule is COCc1nc(N)cc(N(CCO)C2CCCCC2)n1. The summed E-state index contributed by atoms with van der Waals surface area (Å²) in [6.07, 6.45) is 6.05. The maximum atomic E-state index is 9.33. The maximum absolute atomic E-state index is 9.33. The number of aliphatic hydroxyl groups excluding tert-OH is 1. The Labute approximate surface area is 120 Å². The summed E-state index contributed by atoms with van der Waals surface area (Å²) in [6.45, 7) is 1.03.